The summed E-state index contributed by atoms with van der Waals surface area (Å²) in [5, 5.41) is 1.03. The summed E-state index contributed by atoms with van der Waals surface area (Å²) >= 11 is 15.4. The SMILES string of the molecule is NNC(c1ccc(Cl)c(Br)c1)c1cc(F)ccc1Cl. The topological polar surface area (TPSA) is 38.0 Å². The molecule has 2 nitrogen and oxygen atoms in total. The van der Waals surface area contributed by atoms with E-state index in [1.54, 1.807) is 12.1 Å². The molecule has 3 N–H and O–H groups in total. The van der Waals surface area contributed by atoms with Gasteiger partial charge in [0.2, 0.25) is 0 Å². The van der Waals surface area contributed by atoms with Gasteiger partial charge in [0.1, 0.15) is 5.82 Å². The molecule has 0 spiro atoms. The van der Waals surface area contributed by atoms with E-state index in [4.69, 9.17) is 29.0 Å². The number of halogens is 4. The van der Waals surface area contributed by atoms with Crippen LogP contribution in [-0.4, -0.2) is 0 Å². The van der Waals surface area contributed by atoms with Crippen molar-refractivity contribution in [1.29, 1.82) is 0 Å². The van der Waals surface area contributed by atoms with Crippen molar-refractivity contribution in [1.82, 2.24) is 5.43 Å². The molecule has 0 aliphatic carbocycles. The van der Waals surface area contributed by atoms with E-state index in [1.807, 2.05) is 6.07 Å². The highest BCUT2D eigenvalue weighted by Crippen LogP contribution is 2.32. The highest BCUT2D eigenvalue weighted by atomic mass is 79.9. The van der Waals surface area contributed by atoms with Crippen LogP contribution in [0.25, 0.3) is 0 Å². The molecule has 0 amide bonds. The van der Waals surface area contributed by atoms with Crippen LogP contribution < -0.4 is 11.3 Å². The van der Waals surface area contributed by atoms with Gasteiger partial charge in [0, 0.05) is 9.50 Å². The summed E-state index contributed by atoms with van der Waals surface area (Å²) in [5.41, 5.74) is 4.03. The molecule has 0 saturated carbocycles. The number of hydrogen-bond donors (Lipinski definition) is 2. The van der Waals surface area contributed by atoms with Gasteiger partial charge in [-0.3, -0.25) is 5.84 Å². The quantitative estimate of drug-likeness (QED) is 0.624. The molecule has 0 bridgehead atoms. The summed E-state index contributed by atoms with van der Waals surface area (Å²) in [6.07, 6.45) is 0. The van der Waals surface area contributed by atoms with E-state index < -0.39 is 6.04 Å². The van der Waals surface area contributed by atoms with Gasteiger partial charge in [0.25, 0.3) is 0 Å². The predicted octanol–water partition coefficient (Wildman–Crippen LogP) is 4.45. The Morgan fingerprint density at radius 2 is 1.79 bits per heavy atom. The Morgan fingerprint density at radius 1 is 1.11 bits per heavy atom. The minimum absolute atomic E-state index is 0.368. The molecule has 0 aliphatic heterocycles. The van der Waals surface area contributed by atoms with Crippen molar-refractivity contribution in [3.05, 3.63) is 67.9 Å². The second kappa shape index (κ2) is 6.20. The van der Waals surface area contributed by atoms with Crippen LogP contribution in [0.2, 0.25) is 10.0 Å². The van der Waals surface area contributed by atoms with Gasteiger partial charge in [-0.2, -0.15) is 0 Å². The van der Waals surface area contributed by atoms with Crippen molar-refractivity contribution in [2.45, 2.75) is 6.04 Å². The minimum Gasteiger partial charge on any atom is -0.271 e. The van der Waals surface area contributed by atoms with Gasteiger partial charge in [-0.1, -0.05) is 29.3 Å². The number of benzene rings is 2. The van der Waals surface area contributed by atoms with Crippen molar-refractivity contribution in [3.63, 3.8) is 0 Å². The monoisotopic (exact) mass is 362 g/mol. The second-order valence-electron chi connectivity index (χ2n) is 3.94. The first-order valence-electron chi connectivity index (χ1n) is 5.39. The van der Waals surface area contributed by atoms with Crippen LogP contribution >= 0.6 is 39.1 Å². The van der Waals surface area contributed by atoms with E-state index in [0.717, 1.165) is 10.0 Å². The van der Waals surface area contributed by atoms with Crippen LogP contribution in [0.5, 0.6) is 0 Å². The van der Waals surface area contributed by atoms with Crippen molar-refractivity contribution in [2.75, 3.05) is 0 Å². The van der Waals surface area contributed by atoms with Crippen molar-refractivity contribution in [3.8, 4) is 0 Å². The molecule has 2 rings (SSSR count). The molecule has 0 heterocycles. The summed E-state index contributed by atoms with van der Waals surface area (Å²) in [4.78, 5) is 0. The molecular weight excluding hydrogens is 354 g/mol. The molecule has 1 atom stereocenters. The lowest BCUT2D eigenvalue weighted by molar-refractivity contribution is 0.605. The predicted molar refractivity (Wildman–Crippen MR) is 79.7 cm³/mol. The Morgan fingerprint density at radius 3 is 2.42 bits per heavy atom. The third-order valence-electron chi connectivity index (χ3n) is 2.71. The Balaban J connectivity index is 2.49. The van der Waals surface area contributed by atoms with E-state index in [0.29, 0.717) is 15.6 Å². The maximum Gasteiger partial charge on any atom is 0.123 e. The molecule has 0 saturated heterocycles. The van der Waals surface area contributed by atoms with Crippen LogP contribution in [-0.2, 0) is 0 Å². The molecule has 2 aromatic carbocycles. The molecule has 0 aromatic heterocycles. The zero-order chi connectivity index (χ0) is 14.0. The number of nitrogens with one attached hydrogen (secondary N) is 1. The third kappa shape index (κ3) is 3.27. The van der Waals surface area contributed by atoms with Crippen LogP contribution in [0, 0.1) is 5.82 Å². The molecule has 100 valence electrons. The van der Waals surface area contributed by atoms with Crippen LogP contribution in [0.3, 0.4) is 0 Å². The van der Waals surface area contributed by atoms with Crippen molar-refractivity contribution >= 4 is 39.1 Å². The maximum atomic E-state index is 13.3. The molecular formula is C13H10BrCl2FN2. The Hall–Kier alpha value is -0.650. The van der Waals surface area contributed by atoms with E-state index >= 15 is 0 Å². The summed E-state index contributed by atoms with van der Waals surface area (Å²) < 4.78 is 14.1. The molecule has 0 fully saturated rings. The average molecular weight is 364 g/mol. The molecule has 19 heavy (non-hydrogen) atoms. The van der Waals surface area contributed by atoms with E-state index in [-0.39, 0.29) is 5.82 Å². The van der Waals surface area contributed by atoms with E-state index in [1.165, 1.54) is 18.2 Å². The summed E-state index contributed by atoms with van der Waals surface area (Å²) in [7, 11) is 0. The zero-order valence-electron chi connectivity index (χ0n) is 9.63. The van der Waals surface area contributed by atoms with Crippen molar-refractivity contribution < 1.29 is 4.39 Å². The largest absolute Gasteiger partial charge is 0.271 e. The smallest absolute Gasteiger partial charge is 0.123 e. The molecule has 6 heteroatoms. The van der Waals surface area contributed by atoms with Gasteiger partial charge >= 0.3 is 0 Å². The molecule has 2 aromatic rings. The third-order valence-corrected chi connectivity index (χ3v) is 4.27. The maximum absolute atomic E-state index is 13.3. The zero-order valence-corrected chi connectivity index (χ0v) is 12.7. The van der Waals surface area contributed by atoms with Crippen LogP contribution in [0.1, 0.15) is 17.2 Å². The summed E-state index contributed by atoms with van der Waals surface area (Å²) in [6.45, 7) is 0. The van der Waals surface area contributed by atoms with Gasteiger partial charge < -0.3 is 0 Å². The molecule has 0 radical (unpaired) electrons. The highest BCUT2D eigenvalue weighted by molar-refractivity contribution is 9.10. The minimum atomic E-state index is -0.420. The highest BCUT2D eigenvalue weighted by Gasteiger charge is 2.17. The average Bonchev–Trinajstić information content (AvgIpc) is 2.38. The fourth-order valence-electron chi connectivity index (χ4n) is 1.79. The fourth-order valence-corrected chi connectivity index (χ4v) is 2.53. The standard InChI is InChI=1S/C13H10BrCl2FN2/c14-10-5-7(1-3-12(10)16)13(19-18)9-6-8(17)2-4-11(9)15/h1-6,13,19H,18H2. The second-order valence-corrected chi connectivity index (χ2v) is 5.61. The first-order valence-corrected chi connectivity index (χ1v) is 6.94. The van der Waals surface area contributed by atoms with Gasteiger partial charge in [-0.05, 0) is 57.4 Å². The van der Waals surface area contributed by atoms with Gasteiger partial charge in [0.05, 0.1) is 11.1 Å². The van der Waals surface area contributed by atoms with E-state index in [9.17, 15) is 4.39 Å². The number of nitrogens with two attached hydrogens (primary N) is 1. The normalized spacial score (nSPS) is 12.5. The number of hydrogen-bond acceptors (Lipinski definition) is 2. The lowest BCUT2D eigenvalue weighted by Gasteiger charge is -2.19. The van der Waals surface area contributed by atoms with Gasteiger partial charge in [0.15, 0.2) is 0 Å². The van der Waals surface area contributed by atoms with E-state index in [2.05, 4.69) is 21.4 Å². The van der Waals surface area contributed by atoms with Crippen molar-refractivity contribution in [2.24, 2.45) is 5.84 Å². The number of rotatable bonds is 3. The summed E-state index contributed by atoms with van der Waals surface area (Å²) in [6, 6.07) is 9.09. The number of hydrazine groups is 1. The Kier molecular flexibility index (Phi) is 4.81. The molecule has 1 unspecified atom stereocenters. The molecule has 0 aliphatic rings. The lowest BCUT2D eigenvalue weighted by atomic mass is 9.99. The van der Waals surface area contributed by atoms with Gasteiger partial charge in [-0.25, -0.2) is 9.82 Å². The van der Waals surface area contributed by atoms with Gasteiger partial charge in [-0.15, -0.1) is 0 Å². The first-order chi connectivity index (χ1) is 9.02. The van der Waals surface area contributed by atoms with Crippen LogP contribution in [0.15, 0.2) is 40.9 Å². The van der Waals surface area contributed by atoms with Crippen LogP contribution in [0.4, 0.5) is 4.39 Å². The Labute approximate surface area is 128 Å². The lowest BCUT2D eigenvalue weighted by Crippen LogP contribution is -2.29. The Bertz CT molecular complexity index is 607. The fraction of sp³-hybridized carbons (Fsp3) is 0.0769. The summed E-state index contributed by atoms with van der Waals surface area (Å²) in [5.74, 6) is 5.20. The first kappa shape index (κ1) is 14.8.